The van der Waals surface area contributed by atoms with Gasteiger partial charge in [-0.15, -0.1) is 0 Å². The van der Waals surface area contributed by atoms with E-state index in [9.17, 15) is 4.79 Å². The van der Waals surface area contributed by atoms with E-state index >= 15 is 0 Å². The van der Waals surface area contributed by atoms with Crippen LogP contribution in [0.15, 0.2) is 36.4 Å². The Morgan fingerprint density at radius 1 is 1.13 bits per heavy atom. The van der Waals surface area contributed by atoms with E-state index in [4.69, 9.17) is 11.6 Å². The van der Waals surface area contributed by atoms with Crippen LogP contribution in [0.2, 0.25) is 5.02 Å². The van der Waals surface area contributed by atoms with E-state index in [1.54, 1.807) is 0 Å². The average molecular weight is 330 g/mol. The highest BCUT2D eigenvalue weighted by Crippen LogP contribution is 2.24. The third-order valence-electron chi connectivity index (χ3n) is 4.75. The molecule has 0 saturated heterocycles. The maximum absolute atomic E-state index is 12.1. The van der Waals surface area contributed by atoms with Gasteiger partial charge in [-0.1, -0.05) is 55.1 Å². The minimum absolute atomic E-state index is 0.204. The predicted molar refractivity (Wildman–Crippen MR) is 96.9 cm³/mol. The lowest BCUT2D eigenvalue weighted by Crippen LogP contribution is -2.36. The molecule has 1 amide bonds. The van der Waals surface area contributed by atoms with Crippen molar-refractivity contribution >= 4 is 28.3 Å². The molecule has 0 aliphatic heterocycles. The number of nitrogens with one attached hydrogen (secondary N) is 1. The molecule has 1 fully saturated rings. The van der Waals surface area contributed by atoms with Crippen LogP contribution >= 0.6 is 11.6 Å². The number of aryl methyl sites for hydroxylation is 1. The molecule has 1 N–H and O–H groups in total. The lowest BCUT2D eigenvalue weighted by molar-refractivity contribution is -0.122. The van der Waals surface area contributed by atoms with Crippen LogP contribution in [-0.2, 0) is 11.2 Å². The molecule has 0 atom stereocenters. The zero-order valence-electron chi connectivity index (χ0n) is 13.5. The number of hydrogen-bond donors (Lipinski definition) is 1. The second-order valence-electron chi connectivity index (χ2n) is 6.54. The van der Waals surface area contributed by atoms with Crippen molar-refractivity contribution < 1.29 is 4.79 Å². The van der Waals surface area contributed by atoms with Gasteiger partial charge in [-0.3, -0.25) is 4.79 Å². The zero-order valence-corrected chi connectivity index (χ0v) is 14.2. The summed E-state index contributed by atoms with van der Waals surface area (Å²) in [6.45, 7) is 0. The number of fused-ring (bicyclic) bond motifs is 1. The van der Waals surface area contributed by atoms with Crippen LogP contribution in [0.1, 0.15) is 50.5 Å². The topological polar surface area (TPSA) is 29.1 Å². The first-order chi connectivity index (χ1) is 11.2. The third-order valence-corrected chi connectivity index (χ3v) is 4.99. The molecule has 2 aromatic rings. The largest absolute Gasteiger partial charge is 0.353 e. The molecule has 23 heavy (non-hydrogen) atoms. The molecule has 0 radical (unpaired) electrons. The molecule has 0 unspecified atom stereocenters. The van der Waals surface area contributed by atoms with Gasteiger partial charge in [-0.2, -0.15) is 0 Å². The number of carbonyl (C=O) groups is 1. The summed E-state index contributed by atoms with van der Waals surface area (Å²) in [5.74, 6) is 0.204. The average Bonchev–Trinajstić information content (AvgIpc) is 2.56. The summed E-state index contributed by atoms with van der Waals surface area (Å²) in [5, 5.41) is 6.36. The number of hydrogen-bond acceptors (Lipinski definition) is 1. The van der Waals surface area contributed by atoms with Crippen molar-refractivity contribution in [2.45, 2.75) is 57.4 Å². The minimum atomic E-state index is 0.204. The highest BCUT2D eigenvalue weighted by atomic mass is 35.5. The van der Waals surface area contributed by atoms with Gasteiger partial charge in [0, 0.05) is 17.5 Å². The Hall–Kier alpha value is -1.54. The summed E-state index contributed by atoms with van der Waals surface area (Å²) >= 11 is 6.12. The first kappa shape index (κ1) is 16.3. The monoisotopic (exact) mass is 329 g/mol. The smallest absolute Gasteiger partial charge is 0.220 e. The SMILES string of the molecule is O=C(CCCc1cccc2ccc(Cl)cc12)NC1CCCCC1. The van der Waals surface area contributed by atoms with Gasteiger partial charge in [-0.05, 0) is 54.2 Å². The van der Waals surface area contributed by atoms with Gasteiger partial charge in [0.1, 0.15) is 0 Å². The summed E-state index contributed by atoms with van der Waals surface area (Å²) in [5.41, 5.74) is 1.27. The molecule has 0 aromatic heterocycles. The molecule has 3 heteroatoms. The maximum atomic E-state index is 12.1. The maximum Gasteiger partial charge on any atom is 0.220 e. The molecule has 2 aromatic carbocycles. The normalized spacial score (nSPS) is 15.7. The Kier molecular flexibility index (Phi) is 5.56. The Morgan fingerprint density at radius 2 is 1.96 bits per heavy atom. The molecular weight excluding hydrogens is 306 g/mol. The second-order valence-corrected chi connectivity index (χ2v) is 6.98. The quantitative estimate of drug-likeness (QED) is 0.796. The van der Waals surface area contributed by atoms with Gasteiger partial charge in [-0.25, -0.2) is 0 Å². The van der Waals surface area contributed by atoms with E-state index in [0.717, 1.165) is 30.7 Å². The molecule has 122 valence electrons. The highest BCUT2D eigenvalue weighted by Gasteiger charge is 2.15. The van der Waals surface area contributed by atoms with Crippen molar-refractivity contribution in [3.05, 3.63) is 47.0 Å². The van der Waals surface area contributed by atoms with Crippen LogP contribution in [0, 0.1) is 0 Å². The van der Waals surface area contributed by atoms with E-state index < -0.39 is 0 Å². The molecule has 1 aliphatic rings. The van der Waals surface area contributed by atoms with E-state index in [1.807, 2.05) is 12.1 Å². The second kappa shape index (κ2) is 7.83. The molecular formula is C20H24ClNO. The van der Waals surface area contributed by atoms with Crippen molar-refractivity contribution in [1.29, 1.82) is 0 Å². The zero-order chi connectivity index (χ0) is 16.1. The van der Waals surface area contributed by atoms with Crippen LogP contribution in [0.5, 0.6) is 0 Å². The van der Waals surface area contributed by atoms with Crippen LogP contribution in [-0.4, -0.2) is 11.9 Å². The number of carbonyl (C=O) groups excluding carboxylic acids is 1. The molecule has 3 rings (SSSR count). The number of benzene rings is 2. The van der Waals surface area contributed by atoms with Crippen molar-refractivity contribution in [1.82, 2.24) is 5.32 Å². The van der Waals surface area contributed by atoms with Crippen molar-refractivity contribution in [2.75, 3.05) is 0 Å². The Morgan fingerprint density at radius 3 is 2.78 bits per heavy atom. The lowest BCUT2D eigenvalue weighted by Gasteiger charge is -2.22. The molecule has 0 bridgehead atoms. The Labute approximate surface area is 143 Å². The van der Waals surface area contributed by atoms with Crippen LogP contribution in [0.25, 0.3) is 10.8 Å². The summed E-state index contributed by atoms with van der Waals surface area (Å²) in [6.07, 6.45) is 8.51. The lowest BCUT2D eigenvalue weighted by atomic mass is 9.95. The molecule has 1 saturated carbocycles. The fourth-order valence-electron chi connectivity index (χ4n) is 3.51. The molecule has 1 aliphatic carbocycles. The van der Waals surface area contributed by atoms with Crippen LogP contribution < -0.4 is 5.32 Å². The fourth-order valence-corrected chi connectivity index (χ4v) is 3.69. The third kappa shape index (κ3) is 4.48. The summed E-state index contributed by atoms with van der Waals surface area (Å²) in [4.78, 5) is 12.1. The Bertz CT molecular complexity index is 676. The van der Waals surface area contributed by atoms with Crippen LogP contribution in [0.3, 0.4) is 0 Å². The fraction of sp³-hybridized carbons (Fsp3) is 0.450. The Balaban J connectivity index is 1.54. The van der Waals surface area contributed by atoms with Crippen LogP contribution in [0.4, 0.5) is 0 Å². The van der Waals surface area contributed by atoms with Gasteiger partial charge in [0.25, 0.3) is 0 Å². The summed E-state index contributed by atoms with van der Waals surface area (Å²) < 4.78 is 0. The standard InChI is InChI=1S/C20H24ClNO/c21-17-13-12-16-7-4-6-15(19(16)14-17)8-5-11-20(23)22-18-9-2-1-3-10-18/h4,6-7,12-14,18H,1-3,5,8-11H2,(H,22,23). The number of rotatable bonds is 5. The van der Waals surface area contributed by atoms with Gasteiger partial charge in [0.05, 0.1) is 0 Å². The van der Waals surface area contributed by atoms with E-state index in [2.05, 4.69) is 29.6 Å². The van der Waals surface area contributed by atoms with Crippen molar-refractivity contribution in [2.24, 2.45) is 0 Å². The first-order valence-corrected chi connectivity index (χ1v) is 9.07. The van der Waals surface area contributed by atoms with E-state index in [0.29, 0.717) is 12.5 Å². The molecule has 0 spiro atoms. The number of halogens is 1. The highest BCUT2D eigenvalue weighted by molar-refractivity contribution is 6.31. The van der Waals surface area contributed by atoms with Gasteiger partial charge >= 0.3 is 0 Å². The first-order valence-electron chi connectivity index (χ1n) is 8.69. The van der Waals surface area contributed by atoms with Crippen molar-refractivity contribution in [3.8, 4) is 0 Å². The van der Waals surface area contributed by atoms with Gasteiger partial charge in [0.2, 0.25) is 5.91 Å². The summed E-state index contributed by atoms with van der Waals surface area (Å²) in [6, 6.07) is 12.7. The number of amides is 1. The summed E-state index contributed by atoms with van der Waals surface area (Å²) in [7, 11) is 0. The van der Waals surface area contributed by atoms with Gasteiger partial charge in [0.15, 0.2) is 0 Å². The minimum Gasteiger partial charge on any atom is -0.353 e. The molecule has 2 nitrogen and oxygen atoms in total. The predicted octanol–water partition coefficient (Wildman–Crippen LogP) is 5.26. The van der Waals surface area contributed by atoms with Crippen molar-refractivity contribution in [3.63, 3.8) is 0 Å². The van der Waals surface area contributed by atoms with E-state index in [-0.39, 0.29) is 5.91 Å². The van der Waals surface area contributed by atoms with E-state index in [1.165, 1.54) is 35.6 Å². The van der Waals surface area contributed by atoms with Gasteiger partial charge < -0.3 is 5.32 Å². The molecule has 0 heterocycles.